The van der Waals surface area contributed by atoms with Crippen molar-refractivity contribution < 1.29 is 19.1 Å². The van der Waals surface area contributed by atoms with E-state index in [0.29, 0.717) is 30.2 Å². The van der Waals surface area contributed by atoms with Crippen LogP contribution in [0, 0.1) is 0 Å². The van der Waals surface area contributed by atoms with Crippen LogP contribution in [0.2, 0.25) is 0 Å². The van der Waals surface area contributed by atoms with E-state index in [1.54, 1.807) is 36.0 Å². The quantitative estimate of drug-likeness (QED) is 0.567. The van der Waals surface area contributed by atoms with Crippen molar-refractivity contribution in [1.82, 2.24) is 4.90 Å². The zero-order valence-electron chi connectivity index (χ0n) is 11.8. The average Bonchev–Trinajstić information content (AvgIpc) is 3.27. The molecular formula is C15H17NO4S. The number of ether oxygens (including phenoxy) is 2. The summed E-state index contributed by atoms with van der Waals surface area (Å²) in [5, 5.41) is 0.216. The lowest BCUT2D eigenvalue weighted by Crippen LogP contribution is -2.30. The second kappa shape index (κ2) is 6.17. The molecule has 1 aromatic rings. The monoisotopic (exact) mass is 307 g/mol. The Bertz CT molecular complexity index is 523. The van der Waals surface area contributed by atoms with Crippen LogP contribution in [0.5, 0.6) is 0 Å². The first-order valence-electron chi connectivity index (χ1n) is 6.93. The zero-order valence-corrected chi connectivity index (χ0v) is 12.6. The summed E-state index contributed by atoms with van der Waals surface area (Å²) in [5.74, 6) is -0.0539. The van der Waals surface area contributed by atoms with Crippen LogP contribution in [0.4, 0.5) is 0 Å². The molecule has 112 valence electrons. The van der Waals surface area contributed by atoms with Gasteiger partial charge >= 0.3 is 0 Å². The Morgan fingerprint density at radius 2 is 1.95 bits per heavy atom. The number of amides is 2. The molecule has 1 aromatic carbocycles. The van der Waals surface area contributed by atoms with Gasteiger partial charge in [0.15, 0.2) is 0 Å². The van der Waals surface area contributed by atoms with Crippen molar-refractivity contribution in [2.75, 3.05) is 25.7 Å². The zero-order chi connectivity index (χ0) is 14.8. The molecule has 1 fully saturated rings. The molecule has 0 saturated carbocycles. The van der Waals surface area contributed by atoms with Crippen molar-refractivity contribution in [3.05, 3.63) is 35.4 Å². The summed E-state index contributed by atoms with van der Waals surface area (Å²) in [6.07, 6.45) is 0.262. The van der Waals surface area contributed by atoms with Gasteiger partial charge in [-0.2, -0.15) is 0 Å². The van der Waals surface area contributed by atoms with Crippen LogP contribution in [0.1, 0.15) is 27.6 Å². The first kappa shape index (κ1) is 14.6. The summed E-state index contributed by atoms with van der Waals surface area (Å²) >= 11 is 1.54. The maximum Gasteiger partial charge on any atom is 0.262 e. The fourth-order valence-corrected chi connectivity index (χ4v) is 2.97. The minimum atomic E-state index is -0.206. The average molecular weight is 307 g/mol. The van der Waals surface area contributed by atoms with Gasteiger partial charge in [0.2, 0.25) is 0 Å². The van der Waals surface area contributed by atoms with Crippen LogP contribution in [0.25, 0.3) is 0 Å². The van der Waals surface area contributed by atoms with E-state index >= 15 is 0 Å². The minimum absolute atomic E-state index is 0.206. The minimum Gasteiger partial charge on any atom is -0.378 e. The highest BCUT2D eigenvalue weighted by Gasteiger charge is 2.35. The first-order valence-corrected chi connectivity index (χ1v) is 7.98. The largest absolute Gasteiger partial charge is 0.378 e. The number of epoxide rings is 1. The molecule has 2 amide bonds. The van der Waals surface area contributed by atoms with Gasteiger partial charge in [0.05, 0.1) is 36.8 Å². The molecule has 21 heavy (non-hydrogen) atoms. The van der Waals surface area contributed by atoms with Gasteiger partial charge in [-0.05, 0) is 12.1 Å². The number of hydrogen-bond donors (Lipinski definition) is 0. The highest BCUT2D eigenvalue weighted by molar-refractivity contribution is 7.99. The molecule has 2 atom stereocenters. The molecule has 3 rings (SSSR count). The van der Waals surface area contributed by atoms with E-state index in [-0.39, 0.29) is 23.2 Å². The highest BCUT2D eigenvalue weighted by Crippen LogP contribution is 2.25. The molecule has 5 nitrogen and oxygen atoms in total. The van der Waals surface area contributed by atoms with Gasteiger partial charge in [-0.25, -0.2) is 0 Å². The van der Waals surface area contributed by atoms with Gasteiger partial charge in [-0.15, -0.1) is 11.8 Å². The van der Waals surface area contributed by atoms with E-state index in [1.165, 1.54) is 4.90 Å². The molecule has 6 heteroatoms. The third-order valence-corrected chi connectivity index (χ3v) is 4.54. The molecule has 2 aliphatic heterocycles. The summed E-state index contributed by atoms with van der Waals surface area (Å²) in [5.41, 5.74) is 0.996. The second-order valence-electron chi connectivity index (χ2n) is 5.18. The number of fused-ring (bicyclic) bond motifs is 1. The molecule has 2 aliphatic rings. The van der Waals surface area contributed by atoms with Crippen LogP contribution in [-0.4, -0.2) is 53.8 Å². The van der Waals surface area contributed by atoms with Gasteiger partial charge in [0.25, 0.3) is 11.8 Å². The fourth-order valence-electron chi connectivity index (χ4n) is 2.14. The molecule has 2 unspecified atom stereocenters. The van der Waals surface area contributed by atoms with E-state index in [1.807, 2.05) is 6.92 Å². The normalized spacial score (nSPS) is 21.6. The lowest BCUT2D eigenvalue weighted by atomic mass is 10.1. The van der Waals surface area contributed by atoms with E-state index in [9.17, 15) is 9.59 Å². The SMILES string of the molecule is CC(COCC1CO1)SCN1C(=O)c2ccccc2C1=O. The third-order valence-electron chi connectivity index (χ3n) is 3.43. The Morgan fingerprint density at radius 1 is 1.33 bits per heavy atom. The van der Waals surface area contributed by atoms with E-state index in [0.717, 1.165) is 6.61 Å². The smallest absolute Gasteiger partial charge is 0.262 e. The Hall–Kier alpha value is -1.37. The summed E-state index contributed by atoms with van der Waals surface area (Å²) < 4.78 is 10.6. The first-order chi connectivity index (χ1) is 10.2. The number of thioether (sulfide) groups is 1. The van der Waals surface area contributed by atoms with Gasteiger partial charge in [0.1, 0.15) is 6.10 Å². The van der Waals surface area contributed by atoms with Crippen LogP contribution in [-0.2, 0) is 9.47 Å². The molecule has 0 bridgehead atoms. The second-order valence-corrected chi connectivity index (χ2v) is 6.58. The Morgan fingerprint density at radius 3 is 2.52 bits per heavy atom. The molecule has 0 spiro atoms. The fraction of sp³-hybridized carbons (Fsp3) is 0.467. The van der Waals surface area contributed by atoms with Crippen LogP contribution in [0.15, 0.2) is 24.3 Å². The maximum atomic E-state index is 12.2. The number of imide groups is 1. The summed E-state index contributed by atoms with van der Waals surface area (Å²) in [4.78, 5) is 25.7. The topological polar surface area (TPSA) is 59.1 Å². The van der Waals surface area contributed by atoms with Crippen molar-refractivity contribution in [3.8, 4) is 0 Å². The van der Waals surface area contributed by atoms with E-state index in [4.69, 9.17) is 9.47 Å². The van der Waals surface area contributed by atoms with Crippen molar-refractivity contribution in [3.63, 3.8) is 0 Å². The number of hydrogen-bond acceptors (Lipinski definition) is 5. The standard InChI is InChI=1S/C15H17NO4S/c1-10(6-19-7-11-8-20-11)21-9-16-14(17)12-4-2-3-5-13(12)15(16)18/h2-5,10-11H,6-9H2,1H3. The predicted octanol–water partition coefficient (Wildman–Crippen LogP) is 1.78. The van der Waals surface area contributed by atoms with Crippen molar-refractivity contribution in [1.29, 1.82) is 0 Å². The summed E-state index contributed by atoms with van der Waals surface area (Å²) in [7, 11) is 0. The Labute approximate surface area is 127 Å². The lowest BCUT2D eigenvalue weighted by Gasteiger charge is -2.17. The van der Waals surface area contributed by atoms with Crippen LogP contribution in [0.3, 0.4) is 0 Å². The summed E-state index contributed by atoms with van der Waals surface area (Å²) in [6, 6.07) is 6.94. The van der Waals surface area contributed by atoms with Gasteiger partial charge in [-0.1, -0.05) is 19.1 Å². The molecule has 1 saturated heterocycles. The third kappa shape index (κ3) is 3.28. The maximum absolute atomic E-state index is 12.2. The molecule has 0 N–H and O–H groups in total. The van der Waals surface area contributed by atoms with Gasteiger partial charge in [-0.3, -0.25) is 14.5 Å². The molecule has 0 aliphatic carbocycles. The molecule has 0 radical (unpaired) electrons. The van der Waals surface area contributed by atoms with Gasteiger partial charge in [0, 0.05) is 5.25 Å². The summed E-state index contributed by atoms with van der Waals surface area (Å²) in [6.45, 7) is 4.03. The van der Waals surface area contributed by atoms with Crippen molar-refractivity contribution in [2.45, 2.75) is 18.3 Å². The Balaban J connectivity index is 1.49. The van der Waals surface area contributed by atoms with Crippen molar-refractivity contribution in [2.24, 2.45) is 0 Å². The lowest BCUT2D eigenvalue weighted by molar-refractivity contribution is 0.0683. The number of carbonyl (C=O) groups excluding carboxylic acids is 2. The number of nitrogens with zero attached hydrogens (tertiary/aromatic N) is 1. The number of rotatable bonds is 7. The Kier molecular flexibility index (Phi) is 4.28. The van der Waals surface area contributed by atoms with Crippen LogP contribution >= 0.6 is 11.8 Å². The van der Waals surface area contributed by atoms with Gasteiger partial charge < -0.3 is 9.47 Å². The number of carbonyl (C=O) groups is 2. The van der Waals surface area contributed by atoms with E-state index < -0.39 is 0 Å². The number of benzene rings is 1. The van der Waals surface area contributed by atoms with E-state index in [2.05, 4.69) is 0 Å². The highest BCUT2D eigenvalue weighted by atomic mass is 32.2. The molecule has 2 heterocycles. The molecular weight excluding hydrogens is 290 g/mol. The van der Waals surface area contributed by atoms with Crippen molar-refractivity contribution >= 4 is 23.6 Å². The van der Waals surface area contributed by atoms with Crippen LogP contribution < -0.4 is 0 Å². The molecule has 0 aromatic heterocycles. The predicted molar refractivity (Wildman–Crippen MR) is 79.4 cm³/mol.